The second-order valence-corrected chi connectivity index (χ2v) is 5.53. The molecule has 2 rings (SSSR count). The van der Waals surface area contributed by atoms with Gasteiger partial charge in [-0.3, -0.25) is 4.90 Å². The summed E-state index contributed by atoms with van der Waals surface area (Å²) in [6.45, 7) is 4.01. The highest BCUT2D eigenvalue weighted by molar-refractivity contribution is 5.26. The first kappa shape index (κ1) is 15.3. The third-order valence-electron chi connectivity index (χ3n) is 4.05. The van der Waals surface area contributed by atoms with E-state index in [2.05, 4.69) is 10.2 Å². The van der Waals surface area contributed by atoms with Gasteiger partial charge in [0.2, 0.25) is 0 Å². The molecule has 0 aliphatic carbocycles. The Morgan fingerprint density at radius 3 is 2.45 bits per heavy atom. The third-order valence-corrected chi connectivity index (χ3v) is 4.05. The summed E-state index contributed by atoms with van der Waals surface area (Å²) in [6.07, 6.45) is -1.89. The molecule has 1 fully saturated rings. The summed E-state index contributed by atoms with van der Waals surface area (Å²) < 4.78 is 37.6. The van der Waals surface area contributed by atoms with Gasteiger partial charge in [-0.1, -0.05) is 12.1 Å². The number of nitrogens with zero attached hydrogens (tertiary/aromatic N) is 1. The molecular formula is C15H21F3N2. The molecule has 0 spiro atoms. The number of halogens is 3. The second-order valence-electron chi connectivity index (χ2n) is 5.53. The van der Waals surface area contributed by atoms with Crippen molar-refractivity contribution in [1.82, 2.24) is 10.2 Å². The summed E-state index contributed by atoms with van der Waals surface area (Å²) in [5.41, 5.74) is 0.326. The highest BCUT2D eigenvalue weighted by Gasteiger charge is 2.30. The Balaban J connectivity index is 1.99. The largest absolute Gasteiger partial charge is 0.416 e. The fourth-order valence-electron chi connectivity index (χ4n) is 2.62. The topological polar surface area (TPSA) is 15.3 Å². The van der Waals surface area contributed by atoms with Crippen LogP contribution in [0, 0.1) is 0 Å². The standard InChI is InChI=1S/C15H21F3N2/c1-11(20(2)10-14-4-3-9-19-14)12-5-7-13(8-6-12)15(16,17)18/h5-8,11,14,19H,3-4,9-10H2,1-2H3. The highest BCUT2D eigenvalue weighted by atomic mass is 19.4. The summed E-state index contributed by atoms with van der Waals surface area (Å²) in [5, 5.41) is 3.43. The van der Waals surface area contributed by atoms with Crippen molar-refractivity contribution in [2.75, 3.05) is 20.1 Å². The first-order valence-electron chi connectivity index (χ1n) is 6.98. The normalized spacial score (nSPS) is 21.4. The third kappa shape index (κ3) is 3.73. The number of likely N-dealkylation sites (N-methyl/N-ethyl adjacent to an activating group) is 1. The van der Waals surface area contributed by atoms with Crippen molar-refractivity contribution in [1.29, 1.82) is 0 Å². The molecule has 1 aromatic carbocycles. The SMILES string of the molecule is CC(c1ccc(C(F)(F)F)cc1)N(C)CC1CCCN1. The average Bonchev–Trinajstić information content (AvgIpc) is 2.90. The first-order chi connectivity index (χ1) is 9.38. The molecule has 0 radical (unpaired) electrons. The van der Waals surface area contributed by atoms with Crippen LogP contribution in [-0.2, 0) is 6.18 Å². The number of nitrogens with one attached hydrogen (secondary N) is 1. The lowest BCUT2D eigenvalue weighted by atomic mass is 10.0. The van der Waals surface area contributed by atoms with Gasteiger partial charge in [0.05, 0.1) is 5.56 Å². The van der Waals surface area contributed by atoms with Gasteiger partial charge in [-0.15, -0.1) is 0 Å². The zero-order valence-electron chi connectivity index (χ0n) is 11.9. The van der Waals surface area contributed by atoms with Crippen molar-refractivity contribution >= 4 is 0 Å². The molecule has 0 saturated carbocycles. The molecular weight excluding hydrogens is 265 g/mol. The number of alkyl halides is 3. The molecule has 1 N–H and O–H groups in total. The van der Waals surface area contributed by atoms with Crippen LogP contribution in [0.3, 0.4) is 0 Å². The van der Waals surface area contributed by atoms with Gasteiger partial charge in [-0.2, -0.15) is 13.2 Å². The van der Waals surface area contributed by atoms with Gasteiger partial charge < -0.3 is 5.32 Å². The van der Waals surface area contributed by atoms with Gasteiger partial charge in [-0.25, -0.2) is 0 Å². The highest BCUT2D eigenvalue weighted by Crippen LogP contribution is 2.30. The molecule has 112 valence electrons. The van der Waals surface area contributed by atoms with Gasteiger partial charge in [0.1, 0.15) is 0 Å². The zero-order chi connectivity index (χ0) is 14.8. The number of hydrogen-bond acceptors (Lipinski definition) is 2. The van der Waals surface area contributed by atoms with E-state index in [1.807, 2.05) is 14.0 Å². The molecule has 1 heterocycles. The van der Waals surface area contributed by atoms with Crippen LogP contribution in [0.4, 0.5) is 13.2 Å². The van der Waals surface area contributed by atoms with Gasteiger partial charge in [0.15, 0.2) is 0 Å². The maximum Gasteiger partial charge on any atom is 0.416 e. The van der Waals surface area contributed by atoms with Crippen molar-refractivity contribution in [3.8, 4) is 0 Å². The molecule has 5 heteroatoms. The fourth-order valence-corrected chi connectivity index (χ4v) is 2.62. The van der Waals surface area contributed by atoms with Gasteiger partial charge >= 0.3 is 6.18 Å². The summed E-state index contributed by atoms with van der Waals surface area (Å²) in [7, 11) is 2.02. The van der Waals surface area contributed by atoms with E-state index >= 15 is 0 Å². The maximum atomic E-state index is 12.5. The van der Waals surface area contributed by atoms with Crippen LogP contribution < -0.4 is 5.32 Å². The molecule has 2 nitrogen and oxygen atoms in total. The molecule has 1 saturated heterocycles. The lowest BCUT2D eigenvalue weighted by molar-refractivity contribution is -0.137. The Hall–Kier alpha value is -1.07. The van der Waals surface area contributed by atoms with Crippen LogP contribution in [0.1, 0.15) is 36.9 Å². The molecule has 1 aliphatic rings. The van der Waals surface area contributed by atoms with Crippen LogP contribution in [0.15, 0.2) is 24.3 Å². The van der Waals surface area contributed by atoms with Crippen LogP contribution >= 0.6 is 0 Å². The summed E-state index contributed by atoms with van der Waals surface area (Å²) >= 11 is 0. The van der Waals surface area contributed by atoms with E-state index in [4.69, 9.17) is 0 Å². The lowest BCUT2D eigenvalue weighted by Crippen LogP contribution is -2.36. The molecule has 1 aromatic rings. The maximum absolute atomic E-state index is 12.5. The van der Waals surface area contributed by atoms with E-state index in [1.54, 1.807) is 12.1 Å². The molecule has 0 aromatic heterocycles. The van der Waals surface area contributed by atoms with Crippen LogP contribution in [-0.4, -0.2) is 31.1 Å². The van der Waals surface area contributed by atoms with Gasteiger partial charge in [0.25, 0.3) is 0 Å². The van der Waals surface area contributed by atoms with E-state index in [-0.39, 0.29) is 6.04 Å². The van der Waals surface area contributed by atoms with E-state index in [0.717, 1.165) is 30.8 Å². The van der Waals surface area contributed by atoms with E-state index in [9.17, 15) is 13.2 Å². The van der Waals surface area contributed by atoms with Crippen molar-refractivity contribution in [3.05, 3.63) is 35.4 Å². The van der Waals surface area contributed by atoms with E-state index in [1.165, 1.54) is 12.8 Å². The predicted molar refractivity (Wildman–Crippen MR) is 73.5 cm³/mol. The van der Waals surface area contributed by atoms with Crippen LogP contribution in [0.25, 0.3) is 0 Å². The molecule has 2 unspecified atom stereocenters. The Kier molecular flexibility index (Phi) is 4.70. The molecule has 2 atom stereocenters. The summed E-state index contributed by atoms with van der Waals surface area (Å²) in [6, 6.07) is 6.08. The Morgan fingerprint density at radius 1 is 1.30 bits per heavy atom. The first-order valence-corrected chi connectivity index (χ1v) is 6.98. The van der Waals surface area contributed by atoms with Crippen molar-refractivity contribution < 1.29 is 13.2 Å². The quantitative estimate of drug-likeness (QED) is 0.912. The molecule has 20 heavy (non-hydrogen) atoms. The van der Waals surface area contributed by atoms with Crippen molar-refractivity contribution in [2.24, 2.45) is 0 Å². The van der Waals surface area contributed by atoms with Crippen molar-refractivity contribution in [3.63, 3.8) is 0 Å². The minimum Gasteiger partial charge on any atom is -0.313 e. The monoisotopic (exact) mass is 286 g/mol. The zero-order valence-corrected chi connectivity index (χ0v) is 11.9. The van der Waals surface area contributed by atoms with Crippen LogP contribution in [0.2, 0.25) is 0 Å². The number of benzene rings is 1. The average molecular weight is 286 g/mol. The van der Waals surface area contributed by atoms with Crippen molar-refractivity contribution in [2.45, 2.75) is 38.0 Å². The van der Waals surface area contributed by atoms with E-state index < -0.39 is 11.7 Å². The predicted octanol–water partition coefficient (Wildman–Crippen LogP) is 3.45. The van der Waals surface area contributed by atoms with E-state index in [0.29, 0.717) is 6.04 Å². The Morgan fingerprint density at radius 2 is 1.95 bits per heavy atom. The molecule has 1 aliphatic heterocycles. The molecule has 0 amide bonds. The Bertz CT molecular complexity index is 422. The second kappa shape index (κ2) is 6.14. The minimum atomic E-state index is -4.26. The van der Waals surface area contributed by atoms with Gasteiger partial charge in [0, 0.05) is 18.6 Å². The number of hydrogen-bond donors (Lipinski definition) is 1. The van der Waals surface area contributed by atoms with Crippen LogP contribution in [0.5, 0.6) is 0 Å². The van der Waals surface area contributed by atoms with Gasteiger partial charge in [-0.05, 0) is 51.1 Å². The number of rotatable bonds is 4. The summed E-state index contributed by atoms with van der Waals surface area (Å²) in [5.74, 6) is 0. The smallest absolute Gasteiger partial charge is 0.313 e. The minimum absolute atomic E-state index is 0.111. The lowest BCUT2D eigenvalue weighted by Gasteiger charge is -2.28. The molecule has 0 bridgehead atoms. The summed E-state index contributed by atoms with van der Waals surface area (Å²) in [4.78, 5) is 2.19. The fraction of sp³-hybridized carbons (Fsp3) is 0.600. The Labute approximate surface area is 118 Å².